The van der Waals surface area contributed by atoms with E-state index in [1.807, 2.05) is 0 Å². The van der Waals surface area contributed by atoms with Crippen LogP contribution in [-0.2, 0) is 9.47 Å². The fraction of sp³-hybridized carbons (Fsp3) is 0.429. The third-order valence-electron chi connectivity index (χ3n) is 3.16. The Kier molecular flexibility index (Phi) is 4.70. The number of carboxylic acid groups (broad SMARTS) is 1. The first kappa shape index (κ1) is 14.5. The van der Waals surface area contributed by atoms with Gasteiger partial charge in [-0.05, 0) is 24.3 Å². The number of amides is 1. The van der Waals surface area contributed by atoms with Crippen molar-refractivity contribution in [2.24, 2.45) is 0 Å². The zero-order valence-electron chi connectivity index (χ0n) is 11.2. The van der Waals surface area contributed by atoms with Crippen LogP contribution in [0.4, 0.5) is 0 Å². The minimum atomic E-state index is -1.00. The second-order valence-corrected chi connectivity index (χ2v) is 4.58. The number of benzene rings is 1. The second kappa shape index (κ2) is 6.49. The van der Waals surface area contributed by atoms with Crippen LogP contribution in [0.25, 0.3) is 0 Å². The lowest BCUT2D eigenvalue weighted by molar-refractivity contribution is -0.0554. The van der Waals surface area contributed by atoms with Crippen molar-refractivity contribution in [3.05, 3.63) is 35.4 Å². The lowest BCUT2D eigenvalue weighted by Crippen LogP contribution is -2.55. The van der Waals surface area contributed by atoms with Gasteiger partial charge < -0.3 is 19.5 Å². The number of carbonyl (C=O) groups is 2. The minimum Gasteiger partial charge on any atom is -0.478 e. The van der Waals surface area contributed by atoms with Crippen LogP contribution in [0.15, 0.2) is 24.3 Å². The first-order valence-corrected chi connectivity index (χ1v) is 6.35. The summed E-state index contributed by atoms with van der Waals surface area (Å²) in [5, 5.41) is 8.80. The van der Waals surface area contributed by atoms with Crippen LogP contribution in [0, 0.1) is 0 Å². The molecule has 1 N–H and O–H groups in total. The van der Waals surface area contributed by atoms with Gasteiger partial charge in [0.25, 0.3) is 5.91 Å². The van der Waals surface area contributed by atoms with Gasteiger partial charge in [-0.3, -0.25) is 4.79 Å². The molecule has 1 aliphatic heterocycles. The Balaban J connectivity index is 1.83. The highest BCUT2D eigenvalue weighted by Gasteiger charge is 2.31. The predicted molar refractivity (Wildman–Crippen MR) is 70.9 cm³/mol. The molecule has 1 aromatic carbocycles. The van der Waals surface area contributed by atoms with Crippen LogP contribution in [0.5, 0.6) is 0 Å². The van der Waals surface area contributed by atoms with Gasteiger partial charge in [0.2, 0.25) is 0 Å². The van der Waals surface area contributed by atoms with Crippen LogP contribution in [0.2, 0.25) is 0 Å². The van der Waals surface area contributed by atoms with Gasteiger partial charge in [0.05, 0.1) is 24.9 Å². The Morgan fingerprint density at radius 1 is 1.20 bits per heavy atom. The van der Waals surface area contributed by atoms with Crippen LogP contribution in [0.3, 0.4) is 0 Å². The van der Waals surface area contributed by atoms with Gasteiger partial charge in [0.1, 0.15) is 0 Å². The number of aromatic carboxylic acids is 1. The molecule has 0 bridgehead atoms. The molecule has 6 nitrogen and oxygen atoms in total. The van der Waals surface area contributed by atoms with Crippen LogP contribution < -0.4 is 0 Å². The number of carboxylic acids is 1. The van der Waals surface area contributed by atoms with Gasteiger partial charge in [0, 0.05) is 25.8 Å². The molecule has 0 spiro atoms. The lowest BCUT2D eigenvalue weighted by atomic mass is 10.1. The van der Waals surface area contributed by atoms with E-state index >= 15 is 0 Å². The monoisotopic (exact) mass is 279 g/mol. The number of rotatable bonds is 6. The highest BCUT2D eigenvalue weighted by molar-refractivity contribution is 5.96. The first-order valence-electron chi connectivity index (χ1n) is 6.35. The number of nitrogens with zero attached hydrogens (tertiary/aromatic N) is 1. The molecule has 0 aliphatic carbocycles. The van der Waals surface area contributed by atoms with Crippen molar-refractivity contribution >= 4 is 11.9 Å². The predicted octanol–water partition coefficient (Wildman–Crippen LogP) is 0.872. The summed E-state index contributed by atoms with van der Waals surface area (Å²) in [6.45, 7) is 2.18. The third kappa shape index (κ3) is 3.34. The van der Waals surface area contributed by atoms with Gasteiger partial charge in [0.15, 0.2) is 0 Å². The number of methoxy groups -OCH3 is 1. The van der Waals surface area contributed by atoms with Crippen LogP contribution in [-0.4, -0.2) is 61.4 Å². The summed E-state index contributed by atoms with van der Waals surface area (Å²) in [7, 11) is 1.61. The standard InChI is InChI=1S/C14H17NO5/c1-19-6-7-20-12-8-15(9-12)13(16)10-2-4-11(5-3-10)14(17)18/h2-5,12H,6-9H2,1H3,(H,17,18). The molecule has 6 heteroatoms. The van der Waals surface area contributed by atoms with Gasteiger partial charge in [-0.15, -0.1) is 0 Å². The average Bonchev–Trinajstić information content (AvgIpc) is 2.41. The van der Waals surface area contributed by atoms with E-state index in [-0.39, 0.29) is 17.6 Å². The number of carbonyl (C=O) groups excluding carboxylic acids is 1. The summed E-state index contributed by atoms with van der Waals surface area (Å²) in [6.07, 6.45) is 0.0624. The summed E-state index contributed by atoms with van der Waals surface area (Å²) < 4.78 is 10.4. The molecule has 0 radical (unpaired) electrons. The maximum atomic E-state index is 12.1. The average molecular weight is 279 g/mol. The summed E-state index contributed by atoms with van der Waals surface area (Å²) >= 11 is 0. The Hall–Kier alpha value is -1.92. The molecule has 20 heavy (non-hydrogen) atoms. The van der Waals surface area contributed by atoms with Crippen molar-refractivity contribution in [2.75, 3.05) is 33.4 Å². The van der Waals surface area contributed by atoms with Gasteiger partial charge in [-0.1, -0.05) is 0 Å². The maximum Gasteiger partial charge on any atom is 0.335 e. The number of hydrogen-bond acceptors (Lipinski definition) is 4. The normalized spacial score (nSPS) is 14.9. The lowest BCUT2D eigenvalue weighted by Gasteiger charge is -2.38. The largest absolute Gasteiger partial charge is 0.478 e. The van der Waals surface area contributed by atoms with Crippen molar-refractivity contribution in [3.63, 3.8) is 0 Å². The van der Waals surface area contributed by atoms with E-state index < -0.39 is 5.97 Å². The Morgan fingerprint density at radius 2 is 1.80 bits per heavy atom. The highest BCUT2D eigenvalue weighted by atomic mass is 16.5. The number of hydrogen-bond donors (Lipinski definition) is 1. The number of likely N-dealkylation sites (tertiary alicyclic amines) is 1. The third-order valence-corrected chi connectivity index (χ3v) is 3.16. The van der Waals surface area contributed by atoms with Crippen LogP contribution >= 0.6 is 0 Å². The Bertz CT molecular complexity index is 479. The quantitative estimate of drug-likeness (QED) is 0.782. The minimum absolute atomic E-state index is 0.0624. The molecule has 0 unspecified atom stereocenters. The molecule has 1 fully saturated rings. The summed E-state index contributed by atoms with van der Waals surface area (Å²) in [4.78, 5) is 24.5. The second-order valence-electron chi connectivity index (χ2n) is 4.58. The molecule has 0 saturated carbocycles. The van der Waals surface area contributed by atoms with E-state index in [1.165, 1.54) is 24.3 Å². The van der Waals surface area contributed by atoms with E-state index in [1.54, 1.807) is 12.0 Å². The molecule has 1 amide bonds. The molecule has 1 aliphatic rings. The molecular weight excluding hydrogens is 262 g/mol. The van der Waals surface area contributed by atoms with E-state index in [2.05, 4.69) is 0 Å². The molecule has 2 rings (SSSR count). The molecule has 0 aromatic heterocycles. The van der Waals surface area contributed by atoms with Gasteiger partial charge >= 0.3 is 5.97 Å². The summed E-state index contributed by atoms with van der Waals surface area (Å²) in [6, 6.07) is 5.93. The van der Waals surface area contributed by atoms with Gasteiger partial charge in [-0.25, -0.2) is 4.79 Å². The first-order chi connectivity index (χ1) is 9.61. The smallest absolute Gasteiger partial charge is 0.335 e. The van der Waals surface area contributed by atoms with Crippen LogP contribution in [0.1, 0.15) is 20.7 Å². The molecule has 1 aromatic rings. The van der Waals surface area contributed by atoms with Crippen molar-refractivity contribution in [3.8, 4) is 0 Å². The highest BCUT2D eigenvalue weighted by Crippen LogP contribution is 2.16. The van der Waals surface area contributed by atoms with Crippen molar-refractivity contribution in [1.29, 1.82) is 0 Å². The summed E-state index contributed by atoms with van der Waals surface area (Å²) in [5.74, 6) is -1.10. The topological polar surface area (TPSA) is 76.1 Å². The zero-order valence-corrected chi connectivity index (χ0v) is 11.2. The Morgan fingerprint density at radius 3 is 2.35 bits per heavy atom. The molecular formula is C14H17NO5. The summed E-state index contributed by atoms with van der Waals surface area (Å²) in [5.41, 5.74) is 0.663. The van der Waals surface area contributed by atoms with E-state index in [4.69, 9.17) is 14.6 Å². The molecule has 108 valence electrons. The fourth-order valence-electron chi connectivity index (χ4n) is 1.95. The molecule has 1 saturated heterocycles. The SMILES string of the molecule is COCCOC1CN(C(=O)c2ccc(C(=O)O)cc2)C1. The molecule has 0 atom stereocenters. The van der Waals surface area contributed by atoms with E-state index in [0.29, 0.717) is 31.9 Å². The van der Waals surface area contributed by atoms with Crippen molar-refractivity contribution in [1.82, 2.24) is 4.90 Å². The van der Waals surface area contributed by atoms with Gasteiger partial charge in [-0.2, -0.15) is 0 Å². The maximum absolute atomic E-state index is 12.1. The van der Waals surface area contributed by atoms with Crippen molar-refractivity contribution in [2.45, 2.75) is 6.10 Å². The number of ether oxygens (including phenoxy) is 2. The van der Waals surface area contributed by atoms with E-state index in [9.17, 15) is 9.59 Å². The van der Waals surface area contributed by atoms with Crippen molar-refractivity contribution < 1.29 is 24.2 Å². The zero-order chi connectivity index (χ0) is 14.5. The van der Waals surface area contributed by atoms with E-state index in [0.717, 1.165) is 0 Å². The molecule has 1 heterocycles. The fourth-order valence-corrected chi connectivity index (χ4v) is 1.95. The Labute approximate surface area is 116 Å².